The lowest BCUT2D eigenvalue weighted by molar-refractivity contribution is 0.992. The molecule has 0 radical (unpaired) electrons. The normalized spacial score (nSPS) is 10.5. The monoisotopic (exact) mass is 159 g/mol. The van der Waals surface area contributed by atoms with E-state index in [2.05, 4.69) is 15.2 Å². The molecule has 2 aromatic heterocycles. The van der Waals surface area contributed by atoms with E-state index < -0.39 is 0 Å². The van der Waals surface area contributed by atoms with Crippen LogP contribution in [0.15, 0.2) is 18.3 Å². The lowest BCUT2D eigenvalue weighted by atomic mass is 10.2. The van der Waals surface area contributed by atoms with Crippen molar-refractivity contribution in [2.24, 2.45) is 0 Å². The summed E-state index contributed by atoms with van der Waals surface area (Å²) in [6.45, 7) is 3.89. The van der Waals surface area contributed by atoms with Gasteiger partial charge in [-0.05, 0) is 26.0 Å². The standard InChI is InChI=1S/C9H9N3/c1-6-3-4-8-5-10-12-7(2)9(8)11-6/h3-5H,1-2H3. The van der Waals surface area contributed by atoms with Crippen LogP contribution in [0.5, 0.6) is 0 Å². The van der Waals surface area contributed by atoms with E-state index in [1.807, 2.05) is 26.0 Å². The first-order valence-corrected chi connectivity index (χ1v) is 3.83. The van der Waals surface area contributed by atoms with Gasteiger partial charge in [-0.3, -0.25) is 4.98 Å². The fourth-order valence-corrected chi connectivity index (χ4v) is 1.19. The second kappa shape index (κ2) is 2.52. The third-order valence-corrected chi connectivity index (χ3v) is 1.81. The highest BCUT2D eigenvalue weighted by atomic mass is 15.1. The number of hydrogen-bond acceptors (Lipinski definition) is 3. The molecular weight excluding hydrogens is 150 g/mol. The topological polar surface area (TPSA) is 38.7 Å². The summed E-state index contributed by atoms with van der Waals surface area (Å²) >= 11 is 0. The van der Waals surface area contributed by atoms with E-state index in [-0.39, 0.29) is 0 Å². The van der Waals surface area contributed by atoms with E-state index >= 15 is 0 Å². The van der Waals surface area contributed by atoms with E-state index in [0.717, 1.165) is 22.3 Å². The second-order valence-electron chi connectivity index (χ2n) is 2.82. The van der Waals surface area contributed by atoms with Crippen LogP contribution in [0.3, 0.4) is 0 Å². The first-order valence-electron chi connectivity index (χ1n) is 3.83. The summed E-state index contributed by atoms with van der Waals surface area (Å²) in [6.07, 6.45) is 1.73. The zero-order valence-corrected chi connectivity index (χ0v) is 7.07. The molecule has 0 saturated heterocycles. The maximum Gasteiger partial charge on any atom is 0.0951 e. The SMILES string of the molecule is Cc1ccc2cnnc(C)c2n1. The van der Waals surface area contributed by atoms with Gasteiger partial charge in [-0.1, -0.05) is 0 Å². The van der Waals surface area contributed by atoms with Gasteiger partial charge in [0.1, 0.15) is 0 Å². The molecule has 3 nitrogen and oxygen atoms in total. The number of rotatable bonds is 0. The van der Waals surface area contributed by atoms with Crippen molar-refractivity contribution in [2.75, 3.05) is 0 Å². The average molecular weight is 159 g/mol. The molecule has 0 aromatic carbocycles. The number of aryl methyl sites for hydroxylation is 2. The highest BCUT2D eigenvalue weighted by molar-refractivity contribution is 5.79. The van der Waals surface area contributed by atoms with E-state index in [0.29, 0.717) is 0 Å². The maximum atomic E-state index is 4.37. The Labute approximate surface area is 70.5 Å². The molecule has 0 atom stereocenters. The van der Waals surface area contributed by atoms with E-state index in [4.69, 9.17) is 0 Å². The largest absolute Gasteiger partial charge is 0.251 e. The van der Waals surface area contributed by atoms with Gasteiger partial charge in [0.25, 0.3) is 0 Å². The van der Waals surface area contributed by atoms with Crippen LogP contribution in [-0.2, 0) is 0 Å². The Hall–Kier alpha value is -1.51. The van der Waals surface area contributed by atoms with E-state index in [1.165, 1.54) is 0 Å². The highest BCUT2D eigenvalue weighted by Gasteiger charge is 1.99. The molecule has 0 amide bonds. The van der Waals surface area contributed by atoms with Gasteiger partial charge in [-0.15, -0.1) is 0 Å². The molecule has 0 fully saturated rings. The Morgan fingerprint density at radius 3 is 2.83 bits per heavy atom. The molecular formula is C9H9N3. The van der Waals surface area contributed by atoms with Gasteiger partial charge in [0.2, 0.25) is 0 Å². The molecule has 0 saturated carbocycles. The summed E-state index contributed by atoms with van der Waals surface area (Å²) in [5.74, 6) is 0. The van der Waals surface area contributed by atoms with Crippen molar-refractivity contribution in [3.8, 4) is 0 Å². The van der Waals surface area contributed by atoms with E-state index in [9.17, 15) is 0 Å². The second-order valence-corrected chi connectivity index (χ2v) is 2.82. The maximum absolute atomic E-state index is 4.37. The molecule has 0 aliphatic carbocycles. The fraction of sp³-hybridized carbons (Fsp3) is 0.222. The van der Waals surface area contributed by atoms with Crippen LogP contribution >= 0.6 is 0 Å². The van der Waals surface area contributed by atoms with Gasteiger partial charge in [0, 0.05) is 11.1 Å². The van der Waals surface area contributed by atoms with E-state index in [1.54, 1.807) is 6.20 Å². The fourth-order valence-electron chi connectivity index (χ4n) is 1.19. The molecule has 0 bridgehead atoms. The molecule has 2 aromatic rings. The number of hydrogen-bond donors (Lipinski definition) is 0. The van der Waals surface area contributed by atoms with Crippen molar-refractivity contribution in [1.82, 2.24) is 15.2 Å². The molecule has 60 valence electrons. The molecule has 0 N–H and O–H groups in total. The molecule has 3 heteroatoms. The van der Waals surface area contributed by atoms with Gasteiger partial charge in [-0.2, -0.15) is 10.2 Å². The Balaban J connectivity index is 2.88. The predicted molar refractivity (Wildman–Crippen MR) is 46.8 cm³/mol. The first kappa shape index (κ1) is 7.16. The predicted octanol–water partition coefficient (Wildman–Crippen LogP) is 1.64. The van der Waals surface area contributed by atoms with Crippen molar-refractivity contribution in [1.29, 1.82) is 0 Å². The zero-order chi connectivity index (χ0) is 8.55. The number of nitrogens with zero attached hydrogens (tertiary/aromatic N) is 3. The van der Waals surface area contributed by atoms with Crippen LogP contribution in [0.1, 0.15) is 11.4 Å². The Bertz CT molecular complexity index is 423. The lowest BCUT2D eigenvalue weighted by Gasteiger charge is -1.98. The van der Waals surface area contributed by atoms with Crippen molar-refractivity contribution in [3.05, 3.63) is 29.7 Å². The molecule has 0 aliphatic heterocycles. The van der Waals surface area contributed by atoms with Crippen molar-refractivity contribution < 1.29 is 0 Å². The van der Waals surface area contributed by atoms with Gasteiger partial charge >= 0.3 is 0 Å². The molecule has 12 heavy (non-hydrogen) atoms. The minimum absolute atomic E-state index is 0.885. The number of pyridine rings is 1. The summed E-state index contributed by atoms with van der Waals surface area (Å²) in [4.78, 5) is 4.37. The van der Waals surface area contributed by atoms with Crippen LogP contribution in [0.2, 0.25) is 0 Å². The number of aromatic nitrogens is 3. The van der Waals surface area contributed by atoms with Gasteiger partial charge in [0.05, 0.1) is 17.4 Å². The number of fused-ring (bicyclic) bond motifs is 1. The smallest absolute Gasteiger partial charge is 0.0951 e. The summed E-state index contributed by atoms with van der Waals surface area (Å²) < 4.78 is 0. The third-order valence-electron chi connectivity index (χ3n) is 1.81. The zero-order valence-electron chi connectivity index (χ0n) is 7.07. The molecule has 0 spiro atoms. The van der Waals surface area contributed by atoms with Crippen LogP contribution < -0.4 is 0 Å². The van der Waals surface area contributed by atoms with Crippen LogP contribution in [-0.4, -0.2) is 15.2 Å². The molecule has 0 aliphatic rings. The minimum atomic E-state index is 0.885. The molecule has 2 rings (SSSR count). The summed E-state index contributed by atoms with van der Waals surface area (Å²) in [7, 11) is 0. The Morgan fingerprint density at radius 1 is 1.17 bits per heavy atom. The van der Waals surface area contributed by atoms with Crippen molar-refractivity contribution >= 4 is 10.9 Å². The van der Waals surface area contributed by atoms with Crippen LogP contribution in [0.4, 0.5) is 0 Å². The first-order chi connectivity index (χ1) is 5.77. The molecule has 2 heterocycles. The minimum Gasteiger partial charge on any atom is -0.251 e. The van der Waals surface area contributed by atoms with Gasteiger partial charge in [-0.25, -0.2) is 0 Å². The van der Waals surface area contributed by atoms with Gasteiger partial charge in [0.15, 0.2) is 0 Å². The highest BCUT2D eigenvalue weighted by Crippen LogP contribution is 2.12. The summed E-state index contributed by atoms with van der Waals surface area (Å²) in [6, 6.07) is 3.99. The third kappa shape index (κ3) is 1.03. The Morgan fingerprint density at radius 2 is 2.00 bits per heavy atom. The van der Waals surface area contributed by atoms with Crippen LogP contribution in [0, 0.1) is 13.8 Å². The molecule has 0 unspecified atom stereocenters. The van der Waals surface area contributed by atoms with Gasteiger partial charge < -0.3 is 0 Å². The lowest BCUT2D eigenvalue weighted by Crippen LogP contribution is -1.91. The average Bonchev–Trinajstić information content (AvgIpc) is 2.07. The van der Waals surface area contributed by atoms with Crippen molar-refractivity contribution in [3.63, 3.8) is 0 Å². The Kier molecular flexibility index (Phi) is 1.50. The summed E-state index contributed by atoms with van der Waals surface area (Å²) in [5.41, 5.74) is 2.85. The van der Waals surface area contributed by atoms with Crippen molar-refractivity contribution in [2.45, 2.75) is 13.8 Å². The van der Waals surface area contributed by atoms with Crippen LogP contribution in [0.25, 0.3) is 10.9 Å². The quantitative estimate of drug-likeness (QED) is 0.586. The summed E-state index contributed by atoms with van der Waals surface area (Å²) in [5, 5.41) is 8.84.